The number of hydrogen-bond acceptors (Lipinski definition) is 6. The van der Waals surface area contributed by atoms with Crippen LogP contribution in [0.1, 0.15) is 19.2 Å². The molecule has 0 radical (unpaired) electrons. The van der Waals surface area contributed by atoms with Crippen molar-refractivity contribution in [2.75, 3.05) is 5.43 Å². The Balaban J connectivity index is 1.96. The normalized spacial score (nSPS) is 11.1. The van der Waals surface area contributed by atoms with Crippen molar-refractivity contribution >= 4 is 27.4 Å². The van der Waals surface area contributed by atoms with E-state index in [2.05, 4.69) is 15.4 Å². The van der Waals surface area contributed by atoms with Gasteiger partial charge in [0.15, 0.2) is 11.6 Å². The molecule has 21 heavy (non-hydrogen) atoms. The van der Waals surface area contributed by atoms with Crippen LogP contribution in [0.5, 0.6) is 0 Å². The van der Waals surface area contributed by atoms with Gasteiger partial charge in [-0.15, -0.1) is 11.3 Å². The van der Waals surface area contributed by atoms with Crippen LogP contribution in [-0.2, 0) is 13.1 Å². The molecular weight excluding hydrogens is 288 g/mol. The number of rotatable bonds is 5. The van der Waals surface area contributed by atoms with Gasteiger partial charge in [0.1, 0.15) is 4.83 Å². The molecule has 0 saturated heterocycles. The SMILES string of the molecule is CCCn1ccn(Cc2nc(NN)c3ccsc3n2)c1=O. The van der Waals surface area contributed by atoms with E-state index in [1.807, 2.05) is 18.4 Å². The zero-order valence-corrected chi connectivity index (χ0v) is 12.4. The van der Waals surface area contributed by atoms with Crippen molar-refractivity contribution in [1.29, 1.82) is 0 Å². The quantitative estimate of drug-likeness (QED) is 0.549. The number of hydrazine groups is 1. The van der Waals surface area contributed by atoms with Crippen LogP contribution in [0.2, 0.25) is 0 Å². The predicted octanol–water partition coefficient (Wildman–Crippen LogP) is 1.40. The average molecular weight is 304 g/mol. The lowest BCUT2D eigenvalue weighted by Crippen LogP contribution is -2.25. The lowest BCUT2D eigenvalue weighted by Gasteiger charge is -2.05. The van der Waals surface area contributed by atoms with Gasteiger partial charge >= 0.3 is 5.69 Å². The number of hydrogen-bond donors (Lipinski definition) is 2. The average Bonchev–Trinajstić information content (AvgIpc) is 3.08. The molecule has 0 spiro atoms. The van der Waals surface area contributed by atoms with Crippen molar-refractivity contribution < 1.29 is 0 Å². The number of nitrogens with one attached hydrogen (secondary N) is 1. The predicted molar refractivity (Wildman–Crippen MR) is 83.3 cm³/mol. The van der Waals surface area contributed by atoms with E-state index in [-0.39, 0.29) is 5.69 Å². The Morgan fingerprint density at radius 2 is 2.14 bits per heavy atom. The van der Waals surface area contributed by atoms with Crippen molar-refractivity contribution in [3.8, 4) is 0 Å². The molecule has 0 fully saturated rings. The highest BCUT2D eigenvalue weighted by Crippen LogP contribution is 2.24. The largest absolute Gasteiger partial charge is 0.328 e. The molecule has 0 unspecified atom stereocenters. The van der Waals surface area contributed by atoms with Gasteiger partial charge in [0.2, 0.25) is 0 Å². The third kappa shape index (κ3) is 2.55. The fourth-order valence-corrected chi connectivity index (χ4v) is 3.00. The van der Waals surface area contributed by atoms with Crippen molar-refractivity contribution in [1.82, 2.24) is 19.1 Å². The van der Waals surface area contributed by atoms with E-state index < -0.39 is 0 Å². The maximum Gasteiger partial charge on any atom is 0.328 e. The van der Waals surface area contributed by atoms with E-state index in [1.54, 1.807) is 21.5 Å². The monoisotopic (exact) mass is 304 g/mol. The first-order valence-electron chi connectivity index (χ1n) is 6.69. The number of nitrogens with zero attached hydrogens (tertiary/aromatic N) is 4. The second kappa shape index (κ2) is 5.66. The van der Waals surface area contributed by atoms with Crippen LogP contribution >= 0.6 is 11.3 Å². The van der Waals surface area contributed by atoms with Crippen molar-refractivity contribution in [3.63, 3.8) is 0 Å². The summed E-state index contributed by atoms with van der Waals surface area (Å²) in [6.07, 6.45) is 4.47. The Morgan fingerprint density at radius 3 is 2.90 bits per heavy atom. The van der Waals surface area contributed by atoms with Gasteiger partial charge < -0.3 is 5.43 Å². The molecule has 0 aromatic carbocycles. The van der Waals surface area contributed by atoms with Gasteiger partial charge in [0, 0.05) is 18.9 Å². The summed E-state index contributed by atoms with van der Waals surface area (Å²) in [5.74, 6) is 6.65. The van der Waals surface area contributed by atoms with Crippen molar-refractivity contribution in [3.05, 3.63) is 40.1 Å². The Hall–Kier alpha value is -2.19. The zero-order chi connectivity index (χ0) is 14.8. The summed E-state index contributed by atoms with van der Waals surface area (Å²) in [5.41, 5.74) is 2.54. The molecule has 0 aliphatic heterocycles. The molecule has 3 rings (SSSR count). The highest BCUT2D eigenvalue weighted by atomic mass is 32.1. The Kier molecular flexibility index (Phi) is 3.72. The number of nitrogens with two attached hydrogens (primary N) is 1. The fraction of sp³-hybridized carbons (Fsp3) is 0.308. The van der Waals surface area contributed by atoms with Crippen LogP contribution < -0.4 is 17.0 Å². The molecule has 7 nitrogen and oxygen atoms in total. The number of fused-ring (bicyclic) bond motifs is 1. The maximum absolute atomic E-state index is 12.2. The van der Waals surface area contributed by atoms with Crippen LogP contribution in [0.25, 0.3) is 10.2 Å². The summed E-state index contributed by atoms with van der Waals surface area (Å²) >= 11 is 1.52. The number of aryl methyl sites for hydroxylation is 1. The highest BCUT2D eigenvalue weighted by molar-refractivity contribution is 7.16. The molecule has 3 aromatic heterocycles. The lowest BCUT2D eigenvalue weighted by molar-refractivity contribution is 0.617. The second-order valence-electron chi connectivity index (χ2n) is 4.67. The van der Waals surface area contributed by atoms with Crippen molar-refractivity contribution in [2.24, 2.45) is 5.84 Å². The molecule has 3 N–H and O–H groups in total. The van der Waals surface area contributed by atoms with E-state index in [1.165, 1.54) is 11.3 Å². The Labute approximate surface area is 125 Å². The number of thiophene rings is 1. The van der Waals surface area contributed by atoms with Crippen LogP contribution in [0.15, 0.2) is 28.6 Å². The van der Waals surface area contributed by atoms with E-state index in [9.17, 15) is 4.79 Å². The van der Waals surface area contributed by atoms with Gasteiger partial charge in [-0.3, -0.25) is 9.13 Å². The first-order valence-corrected chi connectivity index (χ1v) is 7.57. The van der Waals surface area contributed by atoms with Gasteiger partial charge in [-0.05, 0) is 17.9 Å². The minimum Gasteiger partial charge on any atom is -0.308 e. The minimum atomic E-state index is -0.0472. The smallest absolute Gasteiger partial charge is 0.308 e. The van der Waals surface area contributed by atoms with Gasteiger partial charge in [-0.2, -0.15) is 0 Å². The van der Waals surface area contributed by atoms with Gasteiger partial charge in [-0.1, -0.05) is 6.92 Å². The van der Waals surface area contributed by atoms with E-state index >= 15 is 0 Å². The topological polar surface area (TPSA) is 90.8 Å². The summed E-state index contributed by atoms with van der Waals surface area (Å²) in [6, 6.07) is 1.92. The Morgan fingerprint density at radius 1 is 1.33 bits per heavy atom. The Bertz CT molecular complexity index is 818. The molecule has 3 heterocycles. The summed E-state index contributed by atoms with van der Waals surface area (Å²) < 4.78 is 3.29. The number of aromatic nitrogens is 4. The van der Waals surface area contributed by atoms with Crippen molar-refractivity contribution in [2.45, 2.75) is 26.4 Å². The third-order valence-electron chi connectivity index (χ3n) is 3.20. The minimum absolute atomic E-state index is 0.0472. The number of imidazole rings is 1. The number of anilines is 1. The van der Waals surface area contributed by atoms with E-state index in [0.29, 0.717) is 24.7 Å². The first kappa shape index (κ1) is 13.8. The van der Waals surface area contributed by atoms with Crippen LogP contribution in [-0.4, -0.2) is 19.1 Å². The fourth-order valence-electron chi connectivity index (χ4n) is 2.22. The zero-order valence-electron chi connectivity index (χ0n) is 11.6. The summed E-state index contributed by atoms with van der Waals surface area (Å²) in [5, 5.41) is 2.83. The molecule has 0 amide bonds. The molecule has 8 heteroatoms. The molecule has 0 aliphatic carbocycles. The van der Waals surface area contributed by atoms with Gasteiger partial charge in [0.05, 0.1) is 11.9 Å². The summed E-state index contributed by atoms with van der Waals surface area (Å²) in [4.78, 5) is 21.9. The van der Waals surface area contributed by atoms with E-state index in [4.69, 9.17) is 5.84 Å². The third-order valence-corrected chi connectivity index (χ3v) is 4.01. The van der Waals surface area contributed by atoms with Crippen LogP contribution in [0.3, 0.4) is 0 Å². The summed E-state index contributed by atoms with van der Waals surface area (Å²) in [7, 11) is 0. The maximum atomic E-state index is 12.2. The van der Waals surface area contributed by atoms with Crippen LogP contribution in [0, 0.1) is 0 Å². The van der Waals surface area contributed by atoms with Gasteiger partial charge in [-0.25, -0.2) is 20.6 Å². The number of nitrogen functional groups attached to an aromatic ring is 1. The standard InChI is InChI=1S/C13H16N6OS/c1-2-4-18-5-6-19(13(18)20)8-10-15-11(17-14)9-3-7-21-12(9)16-10/h3,5-7H,2,4,8,14H2,1H3,(H,15,16,17). The molecular formula is C13H16N6OS. The molecule has 3 aromatic rings. The molecule has 0 atom stereocenters. The summed E-state index contributed by atoms with van der Waals surface area (Å²) in [6.45, 7) is 3.08. The lowest BCUT2D eigenvalue weighted by atomic mass is 10.4. The molecule has 0 bridgehead atoms. The van der Waals surface area contributed by atoms with Crippen LogP contribution in [0.4, 0.5) is 5.82 Å². The first-order chi connectivity index (χ1) is 10.2. The second-order valence-corrected chi connectivity index (χ2v) is 5.57. The molecule has 0 aliphatic rings. The molecule has 0 saturated carbocycles. The molecule has 110 valence electrons. The highest BCUT2D eigenvalue weighted by Gasteiger charge is 2.10. The van der Waals surface area contributed by atoms with Gasteiger partial charge in [0.25, 0.3) is 0 Å². The van der Waals surface area contributed by atoms with E-state index in [0.717, 1.165) is 16.6 Å².